The molecule has 2 rings (SSSR count). The van der Waals surface area contributed by atoms with Gasteiger partial charge in [0.1, 0.15) is 6.04 Å². The van der Waals surface area contributed by atoms with E-state index in [1.807, 2.05) is 64.1 Å². The van der Waals surface area contributed by atoms with E-state index in [4.69, 9.17) is 0 Å². The van der Waals surface area contributed by atoms with Gasteiger partial charge in [0.25, 0.3) is 0 Å². The molecule has 0 aliphatic carbocycles. The average molecular weight is 488 g/mol. The summed E-state index contributed by atoms with van der Waals surface area (Å²) in [7, 11) is -3.50. The molecule has 0 aromatic heterocycles. The molecule has 2 amide bonds. The first-order valence-electron chi connectivity index (χ1n) is 11.7. The number of hydrogen-bond donors (Lipinski definition) is 1. The zero-order valence-electron chi connectivity index (χ0n) is 20.9. The van der Waals surface area contributed by atoms with Crippen LogP contribution in [0, 0.1) is 13.8 Å². The molecule has 0 fully saturated rings. The highest BCUT2D eigenvalue weighted by Gasteiger charge is 2.28. The quantitative estimate of drug-likeness (QED) is 0.493. The second-order valence-corrected chi connectivity index (χ2v) is 10.5. The Bertz CT molecular complexity index is 1050. The van der Waals surface area contributed by atoms with Gasteiger partial charge in [-0.1, -0.05) is 54.4 Å². The van der Waals surface area contributed by atoms with Gasteiger partial charge in [-0.15, -0.1) is 0 Å². The number of benzene rings is 2. The predicted molar refractivity (Wildman–Crippen MR) is 137 cm³/mol. The Morgan fingerprint density at radius 2 is 1.50 bits per heavy atom. The minimum atomic E-state index is -3.50. The lowest BCUT2D eigenvalue weighted by Crippen LogP contribution is -2.49. The van der Waals surface area contributed by atoms with Gasteiger partial charge in [0, 0.05) is 26.1 Å². The fraction of sp³-hybridized carbons (Fsp3) is 0.462. The van der Waals surface area contributed by atoms with Crippen LogP contribution in [0.5, 0.6) is 0 Å². The SMILES string of the molecule is CCNC(=O)[C@H](CC)N(Cc1ccc(C)cc1)C(=O)CCCN(c1ccc(C)cc1)S(C)(=O)=O. The summed E-state index contributed by atoms with van der Waals surface area (Å²) in [5.74, 6) is -0.348. The maximum atomic E-state index is 13.3. The van der Waals surface area contributed by atoms with Crippen molar-refractivity contribution in [3.63, 3.8) is 0 Å². The molecule has 186 valence electrons. The number of nitrogens with zero attached hydrogens (tertiary/aromatic N) is 2. The fourth-order valence-electron chi connectivity index (χ4n) is 3.82. The number of amides is 2. The number of carbonyl (C=O) groups is 2. The Morgan fingerprint density at radius 3 is 2.00 bits per heavy atom. The van der Waals surface area contributed by atoms with Crippen molar-refractivity contribution in [1.82, 2.24) is 10.2 Å². The Morgan fingerprint density at radius 1 is 0.941 bits per heavy atom. The van der Waals surface area contributed by atoms with Crippen LogP contribution in [0.15, 0.2) is 48.5 Å². The van der Waals surface area contributed by atoms with Crippen LogP contribution < -0.4 is 9.62 Å². The number of anilines is 1. The zero-order valence-corrected chi connectivity index (χ0v) is 21.7. The maximum Gasteiger partial charge on any atom is 0.242 e. The topological polar surface area (TPSA) is 86.8 Å². The Hall–Kier alpha value is -2.87. The Balaban J connectivity index is 2.18. The molecule has 0 spiro atoms. The number of aryl methyl sites for hydroxylation is 2. The third kappa shape index (κ3) is 7.87. The van der Waals surface area contributed by atoms with Gasteiger partial charge < -0.3 is 10.2 Å². The molecule has 0 heterocycles. The zero-order chi connectivity index (χ0) is 25.3. The molecule has 0 saturated carbocycles. The number of hydrogen-bond acceptors (Lipinski definition) is 4. The molecule has 7 nitrogen and oxygen atoms in total. The summed E-state index contributed by atoms with van der Waals surface area (Å²) < 4.78 is 26.1. The molecular weight excluding hydrogens is 450 g/mol. The highest BCUT2D eigenvalue weighted by Crippen LogP contribution is 2.20. The number of carbonyl (C=O) groups excluding carboxylic acids is 2. The van der Waals surface area contributed by atoms with Crippen LogP contribution >= 0.6 is 0 Å². The summed E-state index contributed by atoms with van der Waals surface area (Å²) in [6, 6.07) is 14.6. The maximum absolute atomic E-state index is 13.3. The Kier molecular flexibility index (Phi) is 10.1. The summed E-state index contributed by atoms with van der Waals surface area (Å²) in [4.78, 5) is 27.6. The highest BCUT2D eigenvalue weighted by molar-refractivity contribution is 7.92. The molecule has 34 heavy (non-hydrogen) atoms. The smallest absolute Gasteiger partial charge is 0.242 e. The molecule has 1 atom stereocenters. The Labute approximate surface area is 204 Å². The summed E-state index contributed by atoms with van der Waals surface area (Å²) in [6.07, 6.45) is 2.14. The summed E-state index contributed by atoms with van der Waals surface area (Å²) >= 11 is 0. The van der Waals surface area contributed by atoms with Gasteiger partial charge >= 0.3 is 0 Å². The second kappa shape index (κ2) is 12.6. The van der Waals surface area contributed by atoms with E-state index in [-0.39, 0.29) is 24.8 Å². The minimum absolute atomic E-state index is 0.139. The van der Waals surface area contributed by atoms with Gasteiger partial charge in [0.05, 0.1) is 11.9 Å². The number of sulfonamides is 1. The predicted octanol–water partition coefficient (Wildman–Crippen LogP) is 3.79. The number of likely N-dealkylation sites (N-methyl/N-ethyl adjacent to an activating group) is 1. The van der Waals surface area contributed by atoms with E-state index in [1.165, 1.54) is 10.6 Å². The van der Waals surface area contributed by atoms with Crippen molar-refractivity contribution in [2.24, 2.45) is 0 Å². The lowest BCUT2D eigenvalue weighted by molar-refractivity contribution is -0.141. The molecule has 2 aromatic rings. The number of nitrogens with one attached hydrogen (secondary N) is 1. The van der Waals surface area contributed by atoms with E-state index >= 15 is 0 Å². The molecule has 8 heteroatoms. The third-order valence-electron chi connectivity index (χ3n) is 5.68. The van der Waals surface area contributed by atoms with Crippen molar-refractivity contribution in [2.75, 3.05) is 23.7 Å². The van der Waals surface area contributed by atoms with E-state index in [9.17, 15) is 18.0 Å². The van der Waals surface area contributed by atoms with Gasteiger partial charge in [0.15, 0.2) is 0 Å². The van der Waals surface area contributed by atoms with Crippen molar-refractivity contribution in [2.45, 2.75) is 59.5 Å². The molecule has 1 N–H and O–H groups in total. The summed E-state index contributed by atoms with van der Waals surface area (Å²) in [5, 5.41) is 2.83. The van der Waals surface area contributed by atoms with Crippen LogP contribution in [0.1, 0.15) is 49.8 Å². The summed E-state index contributed by atoms with van der Waals surface area (Å²) in [5.41, 5.74) is 3.68. The standard InChI is InChI=1S/C26H37N3O4S/c1-6-24(26(31)27-7-2)28(19-22-14-10-20(3)11-15-22)25(30)9-8-18-29(34(5,32)33)23-16-12-21(4)13-17-23/h10-17,24H,6-9,18-19H2,1-5H3,(H,27,31)/t24-/m0/s1. The molecule has 0 bridgehead atoms. The number of rotatable bonds is 12. The van der Waals surface area contributed by atoms with Gasteiger partial charge in [0.2, 0.25) is 21.8 Å². The van der Waals surface area contributed by atoms with Crippen LogP contribution in [0.3, 0.4) is 0 Å². The van der Waals surface area contributed by atoms with Crippen molar-refractivity contribution in [1.29, 1.82) is 0 Å². The van der Waals surface area contributed by atoms with Crippen LogP contribution in [0.4, 0.5) is 5.69 Å². The highest BCUT2D eigenvalue weighted by atomic mass is 32.2. The average Bonchev–Trinajstić information content (AvgIpc) is 2.78. The first-order chi connectivity index (χ1) is 16.1. The first-order valence-corrected chi connectivity index (χ1v) is 13.6. The molecule has 0 unspecified atom stereocenters. The molecular formula is C26H37N3O4S. The van der Waals surface area contributed by atoms with E-state index in [0.717, 1.165) is 16.7 Å². The normalized spacial score (nSPS) is 12.1. The van der Waals surface area contributed by atoms with Crippen molar-refractivity contribution in [3.05, 3.63) is 65.2 Å². The van der Waals surface area contributed by atoms with Crippen LogP contribution in [-0.4, -0.2) is 50.5 Å². The fourth-order valence-corrected chi connectivity index (χ4v) is 4.78. The monoisotopic (exact) mass is 487 g/mol. The van der Waals surface area contributed by atoms with E-state index < -0.39 is 16.1 Å². The van der Waals surface area contributed by atoms with E-state index in [1.54, 1.807) is 17.0 Å². The molecule has 2 aromatic carbocycles. The summed E-state index contributed by atoms with van der Waals surface area (Å²) in [6.45, 7) is 8.67. The van der Waals surface area contributed by atoms with Crippen molar-refractivity contribution in [3.8, 4) is 0 Å². The second-order valence-electron chi connectivity index (χ2n) is 8.60. The van der Waals surface area contributed by atoms with Crippen LogP contribution in [-0.2, 0) is 26.2 Å². The molecule has 0 radical (unpaired) electrons. The minimum Gasteiger partial charge on any atom is -0.355 e. The largest absolute Gasteiger partial charge is 0.355 e. The van der Waals surface area contributed by atoms with E-state index in [0.29, 0.717) is 31.6 Å². The van der Waals surface area contributed by atoms with Gasteiger partial charge in [-0.2, -0.15) is 0 Å². The van der Waals surface area contributed by atoms with Crippen LogP contribution in [0.25, 0.3) is 0 Å². The lowest BCUT2D eigenvalue weighted by Gasteiger charge is -2.31. The van der Waals surface area contributed by atoms with Gasteiger partial charge in [-0.05, 0) is 51.3 Å². The van der Waals surface area contributed by atoms with E-state index in [2.05, 4.69) is 5.32 Å². The van der Waals surface area contributed by atoms with Gasteiger partial charge in [-0.25, -0.2) is 8.42 Å². The van der Waals surface area contributed by atoms with Crippen molar-refractivity contribution < 1.29 is 18.0 Å². The molecule has 0 saturated heterocycles. The first kappa shape index (κ1) is 27.4. The third-order valence-corrected chi connectivity index (χ3v) is 6.88. The molecule has 0 aliphatic rings. The van der Waals surface area contributed by atoms with Crippen LogP contribution in [0.2, 0.25) is 0 Å². The lowest BCUT2D eigenvalue weighted by atomic mass is 10.1. The van der Waals surface area contributed by atoms with Gasteiger partial charge in [-0.3, -0.25) is 13.9 Å². The van der Waals surface area contributed by atoms with Crippen molar-refractivity contribution >= 4 is 27.5 Å². The molecule has 0 aliphatic heterocycles.